The molecular weight excluding hydrogens is 346 g/mol. The van der Waals surface area contributed by atoms with Gasteiger partial charge in [0, 0.05) is 31.7 Å². The summed E-state index contributed by atoms with van der Waals surface area (Å²) >= 11 is 0. The van der Waals surface area contributed by atoms with E-state index < -0.39 is 10.0 Å². The third kappa shape index (κ3) is 6.09. The van der Waals surface area contributed by atoms with E-state index in [1.807, 2.05) is 6.92 Å². The first kappa shape index (κ1) is 19.9. The van der Waals surface area contributed by atoms with Gasteiger partial charge < -0.3 is 14.2 Å². The number of aromatic nitrogens is 1. The summed E-state index contributed by atoms with van der Waals surface area (Å²) in [6.45, 7) is 2.95. The minimum atomic E-state index is -3.37. The SMILES string of the molecule is CCCO[C@@H]1CC[C@H](C(=O)N(C)Cc2ccon2)C[C@H]1NS(C)(=O)=O. The van der Waals surface area contributed by atoms with Gasteiger partial charge in [0.25, 0.3) is 0 Å². The quantitative estimate of drug-likeness (QED) is 0.733. The van der Waals surface area contributed by atoms with Crippen LogP contribution in [0.2, 0.25) is 0 Å². The number of amides is 1. The molecule has 1 aliphatic rings. The number of hydrogen-bond donors (Lipinski definition) is 1. The molecule has 1 amide bonds. The van der Waals surface area contributed by atoms with E-state index in [1.54, 1.807) is 18.0 Å². The van der Waals surface area contributed by atoms with Gasteiger partial charge in [-0.25, -0.2) is 13.1 Å². The summed E-state index contributed by atoms with van der Waals surface area (Å²) in [6.07, 6.45) is 5.04. The molecule has 1 N–H and O–H groups in total. The van der Waals surface area contributed by atoms with Crippen molar-refractivity contribution in [3.8, 4) is 0 Å². The molecule has 1 aliphatic carbocycles. The van der Waals surface area contributed by atoms with Crippen molar-refractivity contribution < 1.29 is 22.5 Å². The summed E-state index contributed by atoms with van der Waals surface area (Å²) < 4.78 is 36.5. The summed E-state index contributed by atoms with van der Waals surface area (Å²) in [5.41, 5.74) is 0.682. The predicted octanol–water partition coefficient (Wildman–Crippen LogP) is 1.15. The lowest BCUT2D eigenvalue weighted by atomic mass is 9.83. The van der Waals surface area contributed by atoms with Crippen molar-refractivity contribution in [2.75, 3.05) is 19.9 Å². The second-order valence-corrected chi connectivity index (χ2v) is 8.38. The van der Waals surface area contributed by atoms with Crippen molar-refractivity contribution in [1.82, 2.24) is 14.8 Å². The Morgan fingerprint density at radius 3 is 2.84 bits per heavy atom. The van der Waals surface area contributed by atoms with Crippen LogP contribution in [0.15, 0.2) is 16.9 Å². The Kier molecular flexibility index (Phi) is 6.97. The molecule has 1 aromatic heterocycles. The van der Waals surface area contributed by atoms with Crippen LogP contribution in [0.5, 0.6) is 0 Å². The van der Waals surface area contributed by atoms with Gasteiger partial charge in [-0.3, -0.25) is 4.79 Å². The van der Waals surface area contributed by atoms with Crippen LogP contribution < -0.4 is 4.72 Å². The molecule has 0 saturated heterocycles. The van der Waals surface area contributed by atoms with E-state index in [-0.39, 0.29) is 24.0 Å². The minimum absolute atomic E-state index is 0.0164. The van der Waals surface area contributed by atoms with Crippen LogP contribution >= 0.6 is 0 Å². The molecule has 1 aromatic rings. The Balaban J connectivity index is 2.00. The molecule has 0 spiro atoms. The van der Waals surface area contributed by atoms with Crippen molar-refractivity contribution in [1.29, 1.82) is 0 Å². The molecule has 0 aromatic carbocycles. The van der Waals surface area contributed by atoms with Gasteiger partial charge in [-0.1, -0.05) is 12.1 Å². The molecular formula is C16H27N3O5S. The molecule has 8 nitrogen and oxygen atoms in total. The average Bonchev–Trinajstić information content (AvgIpc) is 3.04. The minimum Gasteiger partial charge on any atom is -0.377 e. The highest BCUT2D eigenvalue weighted by molar-refractivity contribution is 7.88. The Morgan fingerprint density at radius 2 is 2.24 bits per heavy atom. The van der Waals surface area contributed by atoms with Gasteiger partial charge in [-0.15, -0.1) is 0 Å². The van der Waals surface area contributed by atoms with Crippen LogP contribution in [-0.2, 0) is 26.1 Å². The van der Waals surface area contributed by atoms with Crippen molar-refractivity contribution in [3.63, 3.8) is 0 Å². The molecule has 0 bridgehead atoms. The lowest BCUT2D eigenvalue weighted by Crippen LogP contribution is -2.50. The Bertz CT molecular complexity index is 647. The zero-order valence-corrected chi connectivity index (χ0v) is 15.8. The molecule has 0 unspecified atom stereocenters. The molecule has 25 heavy (non-hydrogen) atoms. The van der Waals surface area contributed by atoms with Gasteiger partial charge in [0.2, 0.25) is 15.9 Å². The lowest BCUT2D eigenvalue weighted by Gasteiger charge is -2.36. The molecule has 1 fully saturated rings. The summed E-state index contributed by atoms with van der Waals surface area (Å²) in [4.78, 5) is 14.3. The van der Waals surface area contributed by atoms with E-state index in [9.17, 15) is 13.2 Å². The maximum Gasteiger partial charge on any atom is 0.225 e. The highest BCUT2D eigenvalue weighted by atomic mass is 32.2. The zero-order chi connectivity index (χ0) is 18.4. The first-order valence-corrected chi connectivity index (χ1v) is 10.4. The van der Waals surface area contributed by atoms with Crippen LogP contribution in [0.3, 0.4) is 0 Å². The topological polar surface area (TPSA) is 102 Å². The number of rotatable bonds is 8. The second kappa shape index (κ2) is 8.77. The van der Waals surface area contributed by atoms with Gasteiger partial charge in [0.05, 0.1) is 18.9 Å². The van der Waals surface area contributed by atoms with E-state index in [1.165, 1.54) is 6.26 Å². The number of carbonyl (C=O) groups is 1. The maximum absolute atomic E-state index is 12.7. The molecule has 9 heteroatoms. The van der Waals surface area contributed by atoms with Crippen molar-refractivity contribution in [2.45, 2.75) is 51.3 Å². The van der Waals surface area contributed by atoms with E-state index >= 15 is 0 Å². The van der Waals surface area contributed by atoms with E-state index in [4.69, 9.17) is 9.26 Å². The molecule has 1 heterocycles. The van der Waals surface area contributed by atoms with Crippen LogP contribution in [-0.4, -0.2) is 56.4 Å². The summed E-state index contributed by atoms with van der Waals surface area (Å²) in [7, 11) is -1.65. The number of nitrogens with zero attached hydrogens (tertiary/aromatic N) is 2. The van der Waals surface area contributed by atoms with Crippen molar-refractivity contribution >= 4 is 15.9 Å². The highest BCUT2D eigenvalue weighted by Crippen LogP contribution is 2.29. The third-order valence-electron chi connectivity index (χ3n) is 4.30. The standard InChI is InChI=1S/C16H27N3O5S/c1-4-8-23-15-6-5-12(10-14(15)18-25(3,21)22)16(20)19(2)11-13-7-9-24-17-13/h7,9,12,14-15,18H,4-6,8,10-11H2,1-3H3/t12-,14+,15+/m0/s1. The number of hydrogen-bond acceptors (Lipinski definition) is 6. The van der Waals surface area contributed by atoms with Crippen LogP contribution in [0.25, 0.3) is 0 Å². The Hall–Kier alpha value is -1.45. The van der Waals surface area contributed by atoms with Gasteiger partial charge in [-0.05, 0) is 25.7 Å². The van der Waals surface area contributed by atoms with Crippen molar-refractivity contribution in [3.05, 3.63) is 18.0 Å². The summed E-state index contributed by atoms with van der Waals surface area (Å²) in [5.74, 6) is -0.255. The average molecular weight is 373 g/mol. The van der Waals surface area contributed by atoms with Crippen molar-refractivity contribution in [2.24, 2.45) is 5.92 Å². The predicted molar refractivity (Wildman–Crippen MR) is 92.1 cm³/mol. The number of ether oxygens (including phenoxy) is 1. The van der Waals surface area contributed by atoms with Crippen LogP contribution in [0, 0.1) is 5.92 Å². The lowest BCUT2D eigenvalue weighted by molar-refractivity contribution is -0.137. The Morgan fingerprint density at radius 1 is 1.48 bits per heavy atom. The molecule has 3 atom stereocenters. The van der Waals surface area contributed by atoms with Gasteiger partial charge in [0.1, 0.15) is 12.0 Å². The number of sulfonamides is 1. The van der Waals surface area contributed by atoms with Crippen LogP contribution in [0.4, 0.5) is 0 Å². The molecule has 0 aliphatic heterocycles. The van der Waals surface area contributed by atoms with Gasteiger partial charge >= 0.3 is 0 Å². The third-order valence-corrected chi connectivity index (χ3v) is 5.04. The molecule has 142 valence electrons. The summed E-state index contributed by atoms with van der Waals surface area (Å²) in [5, 5.41) is 3.81. The fourth-order valence-electron chi connectivity index (χ4n) is 3.19. The molecule has 1 saturated carbocycles. The first-order chi connectivity index (χ1) is 11.8. The molecule has 2 rings (SSSR count). The number of carbonyl (C=O) groups excluding carboxylic acids is 1. The van der Waals surface area contributed by atoms with Gasteiger partial charge in [0.15, 0.2) is 0 Å². The summed E-state index contributed by atoms with van der Waals surface area (Å²) in [6, 6.07) is 1.33. The smallest absolute Gasteiger partial charge is 0.225 e. The molecule has 0 radical (unpaired) electrons. The monoisotopic (exact) mass is 373 g/mol. The first-order valence-electron chi connectivity index (χ1n) is 8.53. The maximum atomic E-state index is 12.7. The Labute approximate surface area is 148 Å². The van der Waals surface area contributed by atoms with Gasteiger partial charge in [-0.2, -0.15) is 0 Å². The fraction of sp³-hybridized carbons (Fsp3) is 0.750. The second-order valence-electron chi connectivity index (χ2n) is 6.60. The normalized spacial score (nSPS) is 24.2. The largest absolute Gasteiger partial charge is 0.377 e. The highest BCUT2D eigenvalue weighted by Gasteiger charge is 2.36. The van der Waals surface area contributed by atoms with E-state index in [0.29, 0.717) is 38.1 Å². The number of nitrogens with one attached hydrogen (secondary N) is 1. The van der Waals surface area contributed by atoms with Crippen LogP contribution in [0.1, 0.15) is 38.3 Å². The fourth-order valence-corrected chi connectivity index (χ4v) is 3.98. The van der Waals surface area contributed by atoms with E-state index in [0.717, 1.165) is 12.7 Å². The zero-order valence-electron chi connectivity index (χ0n) is 15.0. The van der Waals surface area contributed by atoms with E-state index in [2.05, 4.69) is 9.88 Å².